The Morgan fingerprint density at radius 2 is 2.16 bits per heavy atom. The van der Waals surface area contributed by atoms with Crippen LogP contribution in [-0.4, -0.2) is 22.5 Å². The molecule has 0 aliphatic heterocycles. The van der Waals surface area contributed by atoms with E-state index in [9.17, 15) is 10.1 Å². The van der Waals surface area contributed by atoms with Crippen LogP contribution in [0.2, 0.25) is 5.02 Å². The molecule has 104 valence electrons. The zero-order valence-electron chi connectivity index (χ0n) is 10.8. The van der Waals surface area contributed by atoms with Gasteiger partial charge in [-0.25, -0.2) is 0 Å². The minimum atomic E-state index is -0.384. The van der Waals surface area contributed by atoms with Crippen molar-refractivity contribution in [2.75, 3.05) is 11.6 Å². The molecule has 4 nitrogen and oxygen atoms in total. The number of hydrogen-bond acceptors (Lipinski definition) is 4. The Morgan fingerprint density at radius 1 is 1.42 bits per heavy atom. The predicted octanol–water partition coefficient (Wildman–Crippen LogP) is 4.33. The smallest absolute Gasteiger partial charge is 0.293 e. The fourth-order valence-electron chi connectivity index (χ4n) is 2.52. The third kappa shape index (κ3) is 3.54. The summed E-state index contributed by atoms with van der Waals surface area (Å²) in [6, 6.07) is 5.09. The van der Waals surface area contributed by atoms with Crippen LogP contribution in [0.4, 0.5) is 11.4 Å². The predicted molar refractivity (Wildman–Crippen MR) is 81.3 cm³/mol. The molecule has 1 aliphatic rings. The highest BCUT2D eigenvalue weighted by atomic mass is 35.5. The SMILES string of the molecule is CSC1CCCCC1Nc1ccc(Cl)cc1[N+](=O)[O-]. The highest BCUT2D eigenvalue weighted by molar-refractivity contribution is 7.99. The van der Waals surface area contributed by atoms with Gasteiger partial charge in [0.15, 0.2) is 0 Å². The zero-order chi connectivity index (χ0) is 13.8. The summed E-state index contributed by atoms with van der Waals surface area (Å²) in [4.78, 5) is 10.7. The van der Waals surface area contributed by atoms with Crippen molar-refractivity contribution in [3.63, 3.8) is 0 Å². The lowest BCUT2D eigenvalue weighted by Gasteiger charge is -2.31. The molecule has 1 fully saturated rings. The van der Waals surface area contributed by atoms with Crippen molar-refractivity contribution in [2.45, 2.75) is 37.0 Å². The monoisotopic (exact) mass is 300 g/mol. The van der Waals surface area contributed by atoms with Gasteiger partial charge in [-0.2, -0.15) is 11.8 Å². The average molecular weight is 301 g/mol. The molecule has 0 amide bonds. The Kier molecular flexibility index (Phi) is 4.93. The van der Waals surface area contributed by atoms with E-state index in [2.05, 4.69) is 11.6 Å². The van der Waals surface area contributed by atoms with Gasteiger partial charge in [-0.15, -0.1) is 0 Å². The van der Waals surface area contributed by atoms with E-state index in [0.717, 1.165) is 6.42 Å². The second-order valence-corrected chi connectivity index (χ2v) is 6.24. The van der Waals surface area contributed by atoms with E-state index in [-0.39, 0.29) is 10.6 Å². The number of anilines is 1. The van der Waals surface area contributed by atoms with Crippen LogP contribution >= 0.6 is 23.4 Å². The molecule has 1 saturated carbocycles. The summed E-state index contributed by atoms with van der Waals surface area (Å²) in [7, 11) is 0. The van der Waals surface area contributed by atoms with E-state index in [1.165, 1.54) is 25.3 Å². The topological polar surface area (TPSA) is 55.2 Å². The van der Waals surface area contributed by atoms with E-state index in [1.54, 1.807) is 12.1 Å². The van der Waals surface area contributed by atoms with Crippen LogP contribution in [0.3, 0.4) is 0 Å². The third-order valence-corrected chi connectivity index (χ3v) is 4.91. The molecule has 0 spiro atoms. The van der Waals surface area contributed by atoms with E-state index >= 15 is 0 Å². The molecule has 0 aromatic heterocycles. The first-order valence-corrected chi connectivity index (χ1v) is 8.01. The molecule has 1 aliphatic carbocycles. The Labute approximate surface area is 122 Å². The number of hydrogen-bond donors (Lipinski definition) is 1. The standard InChI is InChI=1S/C13H17ClN2O2S/c1-19-13-5-3-2-4-11(13)15-10-7-6-9(14)8-12(10)16(17)18/h6-8,11,13,15H,2-5H2,1H3. The minimum absolute atomic E-state index is 0.0536. The zero-order valence-corrected chi connectivity index (χ0v) is 12.3. The third-order valence-electron chi connectivity index (χ3n) is 3.50. The highest BCUT2D eigenvalue weighted by Crippen LogP contribution is 2.33. The van der Waals surface area contributed by atoms with Gasteiger partial charge in [0.2, 0.25) is 0 Å². The first-order valence-electron chi connectivity index (χ1n) is 6.35. The number of nitro groups is 1. The Balaban J connectivity index is 2.20. The van der Waals surface area contributed by atoms with Gasteiger partial charge in [-0.05, 0) is 31.2 Å². The molecule has 1 aromatic carbocycles. The molecule has 0 radical (unpaired) electrons. The fraction of sp³-hybridized carbons (Fsp3) is 0.538. The second-order valence-electron chi connectivity index (χ2n) is 4.73. The van der Waals surface area contributed by atoms with Crippen molar-refractivity contribution in [3.8, 4) is 0 Å². The van der Waals surface area contributed by atoms with E-state index < -0.39 is 0 Å². The van der Waals surface area contributed by atoms with Gasteiger partial charge in [0, 0.05) is 22.4 Å². The van der Waals surface area contributed by atoms with Crippen molar-refractivity contribution in [1.29, 1.82) is 0 Å². The molecule has 2 rings (SSSR count). The lowest BCUT2D eigenvalue weighted by Crippen LogP contribution is -2.34. The summed E-state index contributed by atoms with van der Waals surface area (Å²) in [5.41, 5.74) is 0.623. The Hall–Kier alpha value is -0.940. The van der Waals surface area contributed by atoms with E-state index in [4.69, 9.17) is 11.6 Å². The maximum atomic E-state index is 11.1. The van der Waals surface area contributed by atoms with E-state index in [0.29, 0.717) is 22.0 Å². The summed E-state index contributed by atoms with van der Waals surface area (Å²) >= 11 is 7.66. The number of benzene rings is 1. The van der Waals surface area contributed by atoms with Crippen LogP contribution in [0.5, 0.6) is 0 Å². The molecule has 19 heavy (non-hydrogen) atoms. The highest BCUT2D eigenvalue weighted by Gasteiger charge is 2.26. The summed E-state index contributed by atoms with van der Waals surface area (Å²) in [6.07, 6.45) is 6.75. The maximum Gasteiger partial charge on any atom is 0.293 e. The summed E-state index contributed by atoms with van der Waals surface area (Å²) in [5.74, 6) is 0. The van der Waals surface area contributed by atoms with Gasteiger partial charge in [-0.1, -0.05) is 24.4 Å². The number of nitrogens with zero attached hydrogens (tertiary/aromatic N) is 1. The van der Waals surface area contributed by atoms with Crippen molar-refractivity contribution >= 4 is 34.7 Å². The van der Waals surface area contributed by atoms with Gasteiger partial charge in [0.05, 0.1) is 4.92 Å². The molecule has 1 aromatic rings. The quantitative estimate of drug-likeness (QED) is 0.664. The number of halogens is 1. The number of thioether (sulfide) groups is 1. The largest absolute Gasteiger partial charge is 0.376 e. The van der Waals surface area contributed by atoms with Crippen molar-refractivity contribution in [1.82, 2.24) is 0 Å². The van der Waals surface area contributed by atoms with Gasteiger partial charge in [0.25, 0.3) is 5.69 Å². The molecule has 2 atom stereocenters. The lowest BCUT2D eigenvalue weighted by molar-refractivity contribution is -0.384. The van der Waals surface area contributed by atoms with Crippen molar-refractivity contribution in [2.24, 2.45) is 0 Å². The summed E-state index contributed by atoms with van der Waals surface area (Å²) in [5, 5.41) is 15.3. The van der Waals surface area contributed by atoms with E-state index in [1.807, 2.05) is 11.8 Å². The minimum Gasteiger partial charge on any atom is -0.376 e. The fourth-order valence-corrected chi connectivity index (χ4v) is 3.62. The van der Waals surface area contributed by atoms with Crippen molar-refractivity contribution < 1.29 is 4.92 Å². The second kappa shape index (κ2) is 6.48. The van der Waals surface area contributed by atoms with Gasteiger partial charge >= 0.3 is 0 Å². The molecule has 6 heteroatoms. The van der Waals surface area contributed by atoms with Gasteiger partial charge < -0.3 is 5.32 Å². The summed E-state index contributed by atoms with van der Waals surface area (Å²) < 4.78 is 0. The molecular formula is C13H17ClN2O2S. The Bertz CT molecular complexity index is 470. The lowest BCUT2D eigenvalue weighted by atomic mass is 9.94. The van der Waals surface area contributed by atoms with Crippen LogP contribution in [0.15, 0.2) is 18.2 Å². The van der Waals surface area contributed by atoms with Gasteiger partial charge in [-0.3, -0.25) is 10.1 Å². The van der Waals surface area contributed by atoms with Crippen LogP contribution in [0.1, 0.15) is 25.7 Å². The normalized spacial score (nSPS) is 23.1. The molecule has 0 heterocycles. The molecule has 2 unspecified atom stereocenters. The number of nitrogens with one attached hydrogen (secondary N) is 1. The van der Waals surface area contributed by atoms with Crippen LogP contribution < -0.4 is 5.32 Å². The maximum absolute atomic E-state index is 11.1. The summed E-state index contributed by atoms with van der Waals surface area (Å²) in [6.45, 7) is 0. The first-order chi connectivity index (χ1) is 9.11. The molecular weight excluding hydrogens is 284 g/mol. The number of rotatable bonds is 4. The van der Waals surface area contributed by atoms with Crippen LogP contribution in [0.25, 0.3) is 0 Å². The molecule has 0 saturated heterocycles. The van der Waals surface area contributed by atoms with Crippen molar-refractivity contribution in [3.05, 3.63) is 33.3 Å². The van der Waals surface area contributed by atoms with Crippen LogP contribution in [0, 0.1) is 10.1 Å². The first kappa shape index (κ1) is 14.5. The van der Waals surface area contributed by atoms with Crippen LogP contribution in [-0.2, 0) is 0 Å². The average Bonchev–Trinajstić information content (AvgIpc) is 2.41. The number of nitro benzene ring substituents is 1. The molecule has 1 N–H and O–H groups in total. The van der Waals surface area contributed by atoms with Gasteiger partial charge in [0.1, 0.15) is 5.69 Å². The Morgan fingerprint density at radius 3 is 2.84 bits per heavy atom. The molecule has 0 bridgehead atoms.